The molecule has 2 aromatic carbocycles. The van der Waals surface area contributed by atoms with Gasteiger partial charge in [0.05, 0.1) is 10.2 Å². The van der Waals surface area contributed by atoms with Crippen molar-refractivity contribution in [3.8, 4) is 0 Å². The lowest BCUT2D eigenvalue weighted by Crippen LogP contribution is -2.24. The van der Waals surface area contributed by atoms with Crippen molar-refractivity contribution in [3.05, 3.63) is 69.8 Å². The van der Waals surface area contributed by atoms with Crippen LogP contribution in [0, 0.1) is 17.0 Å². The summed E-state index contributed by atoms with van der Waals surface area (Å²) in [5.74, 6) is -0.588. The first kappa shape index (κ1) is 22.4. The Bertz CT molecular complexity index is 1080. The number of aromatic nitrogens is 2. The number of thioether (sulfide) groups is 1. The SMILES string of the molecule is CCC(Sc1nnc(NC(=O)c2ccc([N+](=O)[O-])cc2)s1)C(=O)Nc1ccc(C)cc1. The van der Waals surface area contributed by atoms with Crippen molar-refractivity contribution in [1.82, 2.24) is 10.2 Å². The maximum absolute atomic E-state index is 12.6. The lowest BCUT2D eigenvalue weighted by atomic mass is 10.2. The minimum atomic E-state index is -0.533. The van der Waals surface area contributed by atoms with Gasteiger partial charge in [-0.2, -0.15) is 0 Å². The number of non-ortho nitro benzene ring substituents is 1. The van der Waals surface area contributed by atoms with Crippen molar-refractivity contribution < 1.29 is 14.5 Å². The topological polar surface area (TPSA) is 127 Å². The first-order chi connectivity index (χ1) is 14.9. The van der Waals surface area contributed by atoms with Crippen LogP contribution in [0.3, 0.4) is 0 Å². The first-order valence-corrected chi connectivity index (χ1v) is 11.0. The zero-order valence-corrected chi connectivity index (χ0v) is 18.3. The zero-order valence-electron chi connectivity index (χ0n) is 16.7. The van der Waals surface area contributed by atoms with Crippen LogP contribution in [0.15, 0.2) is 52.9 Å². The maximum atomic E-state index is 12.6. The molecule has 11 heteroatoms. The average Bonchev–Trinajstić information content (AvgIpc) is 3.20. The second kappa shape index (κ2) is 10.1. The Hall–Kier alpha value is -3.31. The molecule has 0 fully saturated rings. The minimum Gasteiger partial charge on any atom is -0.325 e. The quantitative estimate of drug-likeness (QED) is 0.220. The summed E-state index contributed by atoms with van der Waals surface area (Å²) in [5, 5.41) is 24.1. The maximum Gasteiger partial charge on any atom is 0.269 e. The van der Waals surface area contributed by atoms with Crippen molar-refractivity contribution in [2.75, 3.05) is 10.6 Å². The number of hydrogen-bond acceptors (Lipinski definition) is 8. The predicted octanol–water partition coefficient (Wildman–Crippen LogP) is 4.52. The Morgan fingerprint density at radius 3 is 2.39 bits per heavy atom. The third kappa shape index (κ3) is 6.09. The number of hydrogen-bond donors (Lipinski definition) is 2. The molecule has 0 aliphatic carbocycles. The lowest BCUT2D eigenvalue weighted by Gasteiger charge is -2.13. The highest BCUT2D eigenvalue weighted by Gasteiger charge is 2.21. The largest absolute Gasteiger partial charge is 0.325 e. The van der Waals surface area contributed by atoms with Crippen LogP contribution in [0.4, 0.5) is 16.5 Å². The molecule has 31 heavy (non-hydrogen) atoms. The van der Waals surface area contributed by atoms with Crippen LogP contribution < -0.4 is 10.6 Å². The van der Waals surface area contributed by atoms with Gasteiger partial charge in [0.1, 0.15) is 0 Å². The third-order valence-electron chi connectivity index (χ3n) is 4.19. The molecule has 0 saturated carbocycles. The van der Waals surface area contributed by atoms with Crippen LogP contribution in [0.25, 0.3) is 0 Å². The Kier molecular flexibility index (Phi) is 7.32. The van der Waals surface area contributed by atoms with Crippen molar-refractivity contribution in [2.45, 2.75) is 29.9 Å². The highest BCUT2D eigenvalue weighted by Crippen LogP contribution is 2.31. The smallest absolute Gasteiger partial charge is 0.269 e. The van der Waals surface area contributed by atoms with E-state index in [1.54, 1.807) is 0 Å². The molecule has 9 nitrogen and oxygen atoms in total. The molecule has 3 aromatic rings. The van der Waals surface area contributed by atoms with E-state index in [0.717, 1.165) is 22.6 Å². The fourth-order valence-electron chi connectivity index (χ4n) is 2.52. The monoisotopic (exact) mass is 457 g/mol. The van der Waals surface area contributed by atoms with Gasteiger partial charge in [-0.25, -0.2) is 0 Å². The van der Waals surface area contributed by atoms with Crippen LogP contribution in [-0.2, 0) is 4.79 Å². The molecule has 2 amide bonds. The normalized spacial score (nSPS) is 11.5. The number of aryl methyl sites for hydroxylation is 1. The van der Waals surface area contributed by atoms with Gasteiger partial charge in [-0.05, 0) is 37.6 Å². The second-order valence-electron chi connectivity index (χ2n) is 6.50. The number of carbonyl (C=O) groups is 2. The van der Waals surface area contributed by atoms with Crippen LogP contribution in [-0.4, -0.2) is 32.2 Å². The molecule has 1 atom stereocenters. The summed E-state index contributed by atoms with van der Waals surface area (Å²) in [6, 6.07) is 12.8. The molecule has 0 aliphatic heterocycles. The van der Waals surface area contributed by atoms with Gasteiger partial charge in [-0.1, -0.05) is 47.7 Å². The van der Waals surface area contributed by atoms with E-state index < -0.39 is 10.8 Å². The van der Waals surface area contributed by atoms with Gasteiger partial charge in [0.15, 0.2) is 4.34 Å². The Labute approximate surface area is 186 Å². The number of carbonyl (C=O) groups excluding carboxylic acids is 2. The summed E-state index contributed by atoms with van der Waals surface area (Å²) >= 11 is 2.43. The average molecular weight is 458 g/mol. The summed E-state index contributed by atoms with van der Waals surface area (Å²) < 4.78 is 0.546. The highest BCUT2D eigenvalue weighted by molar-refractivity contribution is 8.02. The van der Waals surface area contributed by atoms with E-state index in [2.05, 4.69) is 20.8 Å². The van der Waals surface area contributed by atoms with E-state index >= 15 is 0 Å². The Balaban J connectivity index is 1.59. The van der Waals surface area contributed by atoms with Crippen molar-refractivity contribution in [3.63, 3.8) is 0 Å². The molecular formula is C20H19N5O4S2. The summed E-state index contributed by atoms with van der Waals surface area (Å²) in [4.78, 5) is 35.1. The summed E-state index contributed by atoms with van der Waals surface area (Å²) in [5.41, 5.74) is 2.00. The third-order valence-corrected chi connectivity index (χ3v) is 6.48. The highest BCUT2D eigenvalue weighted by atomic mass is 32.2. The molecule has 3 rings (SSSR count). The molecule has 2 N–H and O–H groups in total. The Morgan fingerprint density at radius 1 is 1.10 bits per heavy atom. The lowest BCUT2D eigenvalue weighted by molar-refractivity contribution is -0.384. The number of rotatable bonds is 8. The van der Waals surface area contributed by atoms with Crippen molar-refractivity contribution in [2.24, 2.45) is 0 Å². The van der Waals surface area contributed by atoms with E-state index in [9.17, 15) is 19.7 Å². The van der Waals surface area contributed by atoms with E-state index in [4.69, 9.17) is 0 Å². The van der Waals surface area contributed by atoms with Crippen molar-refractivity contribution >= 4 is 51.4 Å². The Morgan fingerprint density at radius 2 is 1.77 bits per heavy atom. The number of nitrogens with one attached hydrogen (secondary N) is 2. The van der Waals surface area contributed by atoms with Gasteiger partial charge < -0.3 is 5.32 Å². The molecular weight excluding hydrogens is 438 g/mol. The number of nitro groups is 1. The molecule has 0 radical (unpaired) electrons. The van der Waals surface area contributed by atoms with E-state index in [1.165, 1.54) is 36.0 Å². The van der Waals surface area contributed by atoms with Gasteiger partial charge in [0.2, 0.25) is 11.0 Å². The number of amides is 2. The van der Waals surface area contributed by atoms with E-state index in [1.807, 2.05) is 38.1 Å². The van der Waals surface area contributed by atoms with E-state index in [-0.39, 0.29) is 27.5 Å². The molecule has 1 unspecified atom stereocenters. The molecule has 0 bridgehead atoms. The molecule has 1 aromatic heterocycles. The van der Waals surface area contributed by atoms with Crippen LogP contribution in [0.5, 0.6) is 0 Å². The zero-order chi connectivity index (χ0) is 22.4. The van der Waals surface area contributed by atoms with E-state index in [0.29, 0.717) is 10.8 Å². The first-order valence-electron chi connectivity index (χ1n) is 9.29. The number of benzene rings is 2. The summed E-state index contributed by atoms with van der Waals surface area (Å²) in [6.07, 6.45) is 0.590. The number of nitro benzene ring substituents is 1. The number of anilines is 2. The number of nitrogens with zero attached hydrogens (tertiary/aromatic N) is 3. The fourth-order valence-corrected chi connectivity index (χ4v) is 4.43. The van der Waals surface area contributed by atoms with Crippen LogP contribution in [0.1, 0.15) is 29.3 Å². The molecule has 1 heterocycles. The van der Waals surface area contributed by atoms with Gasteiger partial charge in [-0.3, -0.25) is 25.0 Å². The van der Waals surface area contributed by atoms with Gasteiger partial charge in [0, 0.05) is 23.4 Å². The molecule has 0 saturated heterocycles. The molecule has 160 valence electrons. The standard InChI is InChI=1S/C20H19N5O4S2/c1-3-16(18(27)21-14-8-4-12(2)5-9-14)30-20-24-23-19(31-20)22-17(26)13-6-10-15(11-7-13)25(28)29/h4-11,16H,3H2,1-2H3,(H,21,27)(H,22,23,26). The molecule has 0 aliphatic rings. The van der Waals surface area contributed by atoms with Gasteiger partial charge in [0.25, 0.3) is 11.6 Å². The summed E-state index contributed by atoms with van der Waals surface area (Å²) in [6.45, 7) is 3.88. The van der Waals surface area contributed by atoms with Crippen LogP contribution >= 0.6 is 23.1 Å². The summed E-state index contributed by atoms with van der Waals surface area (Å²) in [7, 11) is 0. The second-order valence-corrected chi connectivity index (χ2v) is 8.93. The fraction of sp³-hybridized carbons (Fsp3) is 0.200. The van der Waals surface area contributed by atoms with Gasteiger partial charge in [-0.15, -0.1) is 10.2 Å². The van der Waals surface area contributed by atoms with Crippen molar-refractivity contribution in [1.29, 1.82) is 0 Å². The van der Waals surface area contributed by atoms with Crippen LogP contribution in [0.2, 0.25) is 0 Å². The minimum absolute atomic E-state index is 0.0966. The molecule has 0 spiro atoms. The predicted molar refractivity (Wildman–Crippen MR) is 121 cm³/mol. The van der Waals surface area contributed by atoms with Gasteiger partial charge >= 0.3 is 0 Å².